The first-order valence-corrected chi connectivity index (χ1v) is 6.82. The number of ether oxygens (including phenoxy) is 1. The molecular formula is C11H13ClN6O. The van der Waals surface area contributed by atoms with Gasteiger partial charge in [0, 0.05) is 13.1 Å². The largest absolute Gasteiger partial charge is 0.378 e. The Balaban J connectivity index is 1.84. The molecule has 0 unspecified atom stereocenters. The van der Waals surface area contributed by atoms with Gasteiger partial charge in [-0.05, 0) is 24.4 Å². The van der Waals surface area contributed by atoms with E-state index >= 15 is 0 Å². The molecule has 2 aromatic rings. The van der Waals surface area contributed by atoms with Gasteiger partial charge in [0.15, 0.2) is 17.0 Å². The second kappa shape index (κ2) is 4.28. The number of fused-ring (bicyclic) bond motifs is 1. The zero-order valence-electron chi connectivity index (χ0n) is 10.3. The minimum atomic E-state index is 0.248. The monoisotopic (exact) mass is 280 g/mol. The van der Waals surface area contributed by atoms with E-state index in [0.29, 0.717) is 19.3 Å². The van der Waals surface area contributed by atoms with Crippen molar-refractivity contribution >= 4 is 28.6 Å². The molecule has 1 saturated heterocycles. The molecule has 0 spiro atoms. The van der Waals surface area contributed by atoms with Crippen LogP contribution in [-0.4, -0.2) is 51.3 Å². The second-order valence-corrected chi connectivity index (χ2v) is 5.19. The van der Waals surface area contributed by atoms with E-state index in [2.05, 4.69) is 25.2 Å². The van der Waals surface area contributed by atoms with Crippen LogP contribution in [0.5, 0.6) is 0 Å². The molecule has 2 fully saturated rings. The molecular weight excluding hydrogens is 268 g/mol. The van der Waals surface area contributed by atoms with Gasteiger partial charge in [0.05, 0.1) is 19.3 Å². The zero-order valence-corrected chi connectivity index (χ0v) is 11.0. The predicted octanol–water partition coefficient (Wildman–Crippen LogP) is 1.05. The summed E-state index contributed by atoms with van der Waals surface area (Å²) < 4.78 is 7.23. The number of halogens is 1. The maximum atomic E-state index is 6.05. The standard InChI is InChI=1S/C11H13ClN6O/c12-11-13-9(17-3-5-19-6-4-17)8-10(14-11)18(16-15-8)7-1-2-7/h7H,1-6H2. The third-order valence-electron chi connectivity index (χ3n) is 3.48. The van der Waals surface area contributed by atoms with E-state index in [1.807, 2.05) is 4.68 Å². The van der Waals surface area contributed by atoms with Crippen molar-refractivity contribution < 1.29 is 4.74 Å². The van der Waals surface area contributed by atoms with E-state index in [1.54, 1.807) is 0 Å². The van der Waals surface area contributed by atoms with Gasteiger partial charge in [-0.3, -0.25) is 0 Å². The fourth-order valence-corrected chi connectivity index (χ4v) is 2.51. The molecule has 0 amide bonds. The lowest BCUT2D eigenvalue weighted by atomic mass is 10.3. The topological polar surface area (TPSA) is 69.0 Å². The van der Waals surface area contributed by atoms with Crippen molar-refractivity contribution in [3.8, 4) is 0 Å². The van der Waals surface area contributed by atoms with Crippen molar-refractivity contribution in [3.05, 3.63) is 5.28 Å². The van der Waals surface area contributed by atoms with Crippen LogP contribution < -0.4 is 4.90 Å². The Morgan fingerprint density at radius 2 is 1.95 bits per heavy atom. The van der Waals surface area contributed by atoms with Gasteiger partial charge >= 0.3 is 0 Å². The highest BCUT2D eigenvalue weighted by molar-refractivity contribution is 6.28. The number of anilines is 1. The molecule has 0 bridgehead atoms. The first kappa shape index (κ1) is 11.4. The third kappa shape index (κ3) is 1.93. The van der Waals surface area contributed by atoms with Gasteiger partial charge < -0.3 is 9.64 Å². The summed E-state index contributed by atoms with van der Waals surface area (Å²) in [5.74, 6) is 0.769. The van der Waals surface area contributed by atoms with Crippen molar-refractivity contribution in [2.24, 2.45) is 0 Å². The Kier molecular flexibility index (Phi) is 2.56. The van der Waals surface area contributed by atoms with Crippen LogP contribution >= 0.6 is 11.6 Å². The Morgan fingerprint density at radius 3 is 2.68 bits per heavy atom. The Hall–Kier alpha value is -1.47. The average molecular weight is 281 g/mol. The summed E-state index contributed by atoms with van der Waals surface area (Å²) in [6.07, 6.45) is 2.26. The predicted molar refractivity (Wildman–Crippen MR) is 69.4 cm³/mol. The first-order chi connectivity index (χ1) is 9.33. The second-order valence-electron chi connectivity index (χ2n) is 4.85. The molecule has 4 rings (SSSR count). The molecule has 7 nitrogen and oxygen atoms in total. The Morgan fingerprint density at radius 1 is 1.16 bits per heavy atom. The maximum absolute atomic E-state index is 6.05. The van der Waals surface area contributed by atoms with Crippen molar-refractivity contribution in [2.45, 2.75) is 18.9 Å². The molecule has 1 aliphatic carbocycles. The van der Waals surface area contributed by atoms with Crippen molar-refractivity contribution in [1.82, 2.24) is 25.0 Å². The van der Waals surface area contributed by atoms with E-state index < -0.39 is 0 Å². The smallest absolute Gasteiger partial charge is 0.226 e. The molecule has 0 N–H and O–H groups in total. The summed E-state index contributed by atoms with van der Waals surface area (Å²) in [6.45, 7) is 2.97. The van der Waals surface area contributed by atoms with Crippen LogP contribution in [-0.2, 0) is 4.74 Å². The molecule has 1 saturated carbocycles. The lowest BCUT2D eigenvalue weighted by Gasteiger charge is -2.27. The van der Waals surface area contributed by atoms with E-state index in [1.165, 1.54) is 0 Å². The molecule has 0 radical (unpaired) electrons. The molecule has 3 heterocycles. The molecule has 1 aliphatic heterocycles. The SMILES string of the molecule is Clc1nc(N2CCOCC2)c2nnn(C3CC3)c2n1. The lowest BCUT2D eigenvalue weighted by molar-refractivity contribution is 0.122. The highest BCUT2D eigenvalue weighted by Gasteiger charge is 2.29. The summed E-state index contributed by atoms with van der Waals surface area (Å²) >= 11 is 6.05. The molecule has 8 heteroatoms. The first-order valence-electron chi connectivity index (χ1n) is 6.44. The van der Waals surface area contributed by atoms with Gasteiger partial charge in [-0.15, -0.1) is 5.10 Å². The van der Waals surface area contributed by atoms with Crippen LogP contribution in [0.3, 0.4) is 0 Å². The Labute approximate surface area is 114 Å². The molecule has 2 aromatic heterocycles. The number of rotatable bonds is 2. The molecule has 100 valence electrons. The maximum Gasteiger partial charge on any atom is 0.226 e. The minimum Gasteiger partial charge on any atom is -0.378 e. The Bertz CT molecular complexity index is 619. The number of nitrogens with zero attached hydrogens (tertiary/aromatic N) is 6. The number of morpholine rings is 1. The minimum absolute atomic E-state index is 0.248. The third-order valence-corrected chi connectivity index (χ3v) is 3.65. The van der Waals surface area contributed by atoms with Gasteiger partial charge in [-0.25, -0.2) is 4.68 Å². The van der Waals surface area contributed by atoms with E-state index in [9.17, 15) is 0 Å². The summed E-state index contributed by atoms with van der Waals surface area (Å²) in [4.78, 5) is 10.7. The lowest BCUT2D eigenvalue weighted by Crippen LogP contribution is -2.37. The van der Waals surface area contributed by atoms with Crippen molar-refractivity contribution in [3.63, 3.8) is 0 Å². The zero-order chi connectivity index (χ0) is 12.8. The van der Waals surface area contributed by atoms with E-state index in [4.69, 9.17) is 16.3 Å². The fourth-order valence-electron chi connectivity index (χ4n) is 2.35. The number of hydrogen-bond donors (Lipinski definition) is 0. The van der Waals surface area contributed by atoms with Gasteiger partial charge in [0.2, 0.25) is 5.28 Å². The average Bonchev–Trinajstić information content (AvgIpc) is 3.19. The van der Waals surface area contributed by atoms with Gasteiger partial charge in [0.1, 0.15) is 0 Å². The molecule has 19 heavy (non-hydrogen) atoms. The normalized spacial score (nSPS) is 20.2. The highest BCUT2D eigenvalue weighted by Crippen LogP contribution is 2.37. The van der Waals surface area contributed by atoms with Crippen LogP contribution in [0.2, 0.25) is 5.28 Å². The van der Waals surface area contributed by atoms with E-state index in [-0.39, 0.29) is 5.28 Å². The fraction of sp³-hybridized carbons (Fsp3) is 0.636. The van der Waals surface area contributed by atoms with Crippen LogP contribution in [0.25, 0.3) is 11.2 Å². The van der Waals surface area contributed by atoms with Crippen molar-refractivity contribution in [1.29, 1.82) is 0 Å². The number of hydrogen-bond acceptors (Lipinski definition) is 6. The van der Waals surface area contributed by atoms with E-state index in [0.717, 1.165) is 42.9 Å². The summed E-state index contributed by atoms with van der Waals surface area (Å²) in [6, 6.07) is 0.425. The van der Waals surface area contributed by atoms with Crippen LogP contribution in [0.15, 0.2) is 0 Å². The molecule has 0 atom stereocenters. The quantitative estimate of drug-likeness (QED) is 0.766. The van der Waals surface area contributed by atoms with Gasteiger partial charge in [-0.1, -0.05) is 5.21 Å². The van der Waals surface area contributed by atoms with Crippen molar-refractivity contribution in [2.75, 3.05) is 31.2 Å². The summed E-state index contributed by atoms with van der Waals surface area (Å²) in [5.41, 5.74) is 1.47. The summed E-state index contributed by atoms with van der Waals surface area (Å²) in [5, 5.41) is 8.69. The summed E-state index contributed by atoms with van der Waals surface area (Å²) in [7, 11) is 0. The highest BCUT2D eigenvalue weighted by atomic mass is 35.5. The van der Waals surface area contributed by atoms with Gasteiger partial charge in [-0.2, -0.15) is 9.97 Å². The number of aromatic nitrogens is 5. The van der Waals surface area contributed by atoms with Gasteiger partial charge in [0.25, 0.3) is 0 Å². The van der Waals surface area contributed by atoms with Crippen LogP contribution in [0.4, 0.5) is 5.82 Å². The van der Waals surface area contributed by atoms with Crippen LogP contribution in [0.1, 0.15) is 18.9 Å². The molecule has 2 aliphatic rings. The molecule has 0 aromatic carbocycles. The van der Waals surface area contributed by atoms with Crippen LogP contribution in [0, 0.1) is 0 Å².